The van der Waals surface area contributed by atoms with Crippen LogP contribution in [-0.2, 0) is 4.79 Å². The summed E-state index contributed by atoms with van der Waals surface area (Å²) in [5, 5.41) is 4.27. The number of unbranched alkanes of at least 4 members (excludes halogenated alkanes) is 3. The van der Waals surface area contributed by atoms with Crippen LogP contribution < -0.4 is 5.32 Å². The summed E-state index contributed by atoms with van der Waals surface area (Å²) in [5.74, 6) is 0.281. The largest absolute Gasteiger partial charge is 0.321 e. The predicted octanol–water partition coefficient (Wildman–Crippen LogP) is 3.88. The molecule has 1 N–H and O–H groups in total. The van der Waals surface area contributed by atoms with E-state index in [2.05, 4.69) is 18.3 Å². The first-order chi connectivity index (χ1) is 10.2. The van der Waals surface area contributed by atoms with Crippen LogP contribution in [0.25, 0.3) is 0 Å². The summed E-state index contributed by atoms with van der Waals surface area (Å²) in [7, 11) is 0. The van der Waals surface area contributed by atoms with Crippen LogP contribution in [0.5, 0.6) is 0 Å². The van der Waals surface area contributed by atoms with Crippen LogP contribution in [0.2, 0.25) is 5.02 Å². The maximum atomic E-state index is 12.7. The second-order valence-electron chi connectivity index (χ2n) is 6.24. The summed E-state index contributed by atoms with van der Waals surface area (Å²) in [6.07, 6.45) is 6.64. The Bertz CT molecular complexity index is 527. The third-order valence-electron chi connectivity index (χ3n) is 4.56. The van der Waals surface area contributed by atoms with Crippen molar-refractivity contribution in [3.05, 3.63) is 34.9 Å². The molecule has 2 fully saturated rings. The lowest BCUT2D eigenvalue weighted by Gasteiger charge is -2.24. The Morgan fingerprint density at radius 2 is 2.14 bits per heavy atom. The Morgan fingerprint density at radius 1 is 1.33 bits per heavy atom. The molecule has 3 nitrogen and oxygen atoms in total. The van der Waals surface area contributed by atoms with E-state index < -0.39 is 0 Å². The second-order valence-corrected chi connectivity index (χ2v) is 6.68. The number of carbonyl (C=O) groups is 1. The summed E-state index contributed by atoms with van der Waals surface area (Å²) >= 11 is 6.11. The third-order valence-corrected chi connectivity index (χ3v) is 4.80. The maximum Gasteiger partial charge on any atom is 0.244 e. The van der Waals surface area contributed by atoms with Gasteiger partial charge in [-0.05, 0) is 37.0 Å². The van der Waals surface area contributed by atoms with Gasteiger partial charge in [-0.25, -0.2) is 0 Å². The number of benzene rings is 1. The molecule has 0 aromatic heterocycles. The maximum absolute atomic E-state index is 12.7. The number of nitrogens with one attached hydrogen (secondary N) is 1. The van der Waals surface area contributed by atoms with Gasteiger partial charge >= 0.3 is 0 Å². The minimum atomic E-state index is -0.266. The molecule has 114 valence electrons. The fourth-order valence-electron chi connectivity index (χ4n) is 3.16. The molecule has 1 aromatic carbocycles. The smallest absolute Gasteiger partial charge is 0.244 e. The average molecular weight is 307 g/mol. The van der Waals surface area contributed by atoms with Gasteiger partial charge in [-0.15, -0.1) is 0 Å². The minimum absolute atomic E-state index is 0.0136. The van der Waals surface area contributed by atoms with Gasteiger partial charge in [-0.3, -0.25) is 10.1 Å². The lowest BCUT2D eigenvalue weighted by Crippen LogP contribution is -2.33. The van der Waals surface area contributed by atoms with Crippen LogP contribution in [0.4, 0.5) is 0 Å². The normalized spacial score (nSPS) is 23.0. The van der Waals surface area contributed by atoms with Gasteiger partial charge in [-0.2, -0.15) is 0 Å². The Morgan fingerprint density at radius 3 is 2.81 bits per heavy atom. The van der Waals surface area contributed by atoms with Gasteiger partial charge in [0.25, 0.3) is 0 Å². The van der Waals surface area contributed by atoms with Gasteiger partial charge in [0.2, 0.25) is 5.91 Å². The molecule has 3 rings (SSSR count). The molecule has 2 aliphatic rings. The van der Waals surface area contributed by atoms with E-state index >= 15 is 0 Å². The Kier molecular flexibility index (Phi) is 4.23. The number of rotatable bonds is 6. The number of nitrogens with zero attached hydrogens (tertiary/aromatic N) is 1. The molecule has 0 radical (unpaired) electrons. The zero-order chi connectivity index (χ0) is 14.9. The predicted molar refractivity (Wildman–Crippen MR) is 85.1 cm³/mol. The minimum Gasteiger partial charge on any atom is -0.321 e. The highest BCUT2D eigenvalue weighted by molar-refractivity contribution is 6.30. The van der Waals surface area contributed by atoms with E-state index in [4.69, 9.17) is 11.6 Å². The fourth-order valence-corrected chi connectivity index (χ4v) is 3.35. The molecule has 1 aliphatic heterocycles. The molecule has 1 saturated heterocycles. The highest BCUT2D eigenvalue weighted by Crippen LogP contribution is 2.46. The molecule has 1 spiro atoms. The van der Waals surface area contributed by atoms with E-state index in [1.807, 2.05) is 23.1 Å². The molecule has 1 aromatic rings. The van der Waals surface area contributed by atoms with Gasteiger partial charge in [0, 0.05) is 11.6 Å². The summed E-state index contributed by atoms with van der Waals surface area (Å²) in [4.78, 5) is 14.7. The van der Waals surface area contributed by atoms with Crippen molar-refractivity contribution < 1.29 is 4.79 Å². The van der Waals surface area contributed by atoms with Crippen LogP contribution in [0.15, 0.2) is 24.3 Å². The first kappa shape index (κ1) is 14.9. The van der Waals surface area contributed by atoms with Crippen LogP contribution in [0.1, 0.15) is 57.2 Å². The van der Waals surface area contributed by atoms with Gasteiger partial charge in [0.1, 0.15) is 11.7 Å². The standard InChI is InChI=1S/C17H23ClN2O/c1-2-3-4-5-11-20-15(13-7-6-8-14(18)12-13)19-17(9-10-17)16(20)21/h6-8,12,15,19H,2-5,9-11H2,1H3. The molecule has 1 heterocycles. The van der Waals surface area contributed by atoms with Crippen LogP contribution in [0.3, 0.4) is 0 Å². The van der Waals surface area contributed by atoms with Crippen molar-refractivity contribution in [3.8, 4) is 0 Å². The topological polar surface area (TPSA) is 32.3 Å². The highest BCUT2D eigenvalue weighted by Gasteiger charge is 2.59. The summed E-state index contributed by atoms with van der Waals surface area (Å²) < 4.78 is 0. The van der Waals surface area contributed by atoms with E-state index in [1.165, 1.54) is 19.3 Å². The van der Waals surface area contributed by atoms with E-state index in [9.17, 15) is 4.79 Å². The van der Waals surface area contributed by atoms with Gasteiger partial charge in [0.05, 0.1) is 0 Å². The average Bonchev–Trinajstić information content (AvgIpc) is 3.20. The molecular formula is C17H23ClN2O. The molecule has 0 bridgehead atoms. The van der Waals surface area contributed by atoms with Crippen molar-refractivity contribution in [3.63, 3.8) is 0 Å². The highest BCUT2D eigenvalue weighted by atomic mass is 35.5. The number of amides is 1. The van der Waals surface area contributed by atoms with Gasteiger partial charge in [-0.1, -0.05) is 49.9 Å². The summed E-state index contributed by atoms with van der Waals surface area (Å²) in [6.45, 7) is 3.04. The van der Waals surface area contributed by atoms with Crippen molar-refractivity contribution in [1.29, 1.82) is 0 Å². The Labute approximate surface area is 131 Å². The zero-order valence-corrected chi connectivity index (χ0v) is 13.3. The summed E-state index contributed by atoms with van der Waals surface area (Å²) in [6, 6.07) is 7.85. The lowest BCUT2D eigenvalue weighted by molar-refractivity contribution is -0.130. The monoisotopic (exact) mass is 306 g/mol. The van der Waals surface area contributed by atoms with Crippen molar-refractivity contribution >= 4 is 17.5 Å². The zero-order valence-electron chi connectivity index (χ0n) is 12.6. The SMILES string of the molecule is CCCCCCN1C(=O)C2(CC2)NC1c1cccc(Cl)c1. The van der Waals surface area contributed by atoms with E-state index in [1.54, 1.807) is 0 Å². The fraction of sp³-hybridized carbons (Fsp3) is 0.588. The molecular weight excluding hydrogens is 284 g/mol. The third kappa shape index (κ3) is 2.95. The Hall–Kier alpha value is -1.06. The quantitative estimate of drug-likeness (QED) is 0.809. The molecule has 1 unspecified atom stereocenters. The van der Waals surface area contributed by atoms with E-state index in [-0.39, 0.29) is 17.6 Å². The van der Waals surface area contributed by atoms with Crippen LogP contribution >= 0.6 is 11.6 Å². The van der Waals surface area contributed by atoms with Crippen molar-refractivity contribution in [2.75, 3.05) is 6.54 Å². The van der Waals surface area contributed by atoms with Crippen molar-refractivity contribution in [2.45, 2.75) is 57.2 Å². The molecule has 1 atom stereocenters. The number of carbonyl (C=O) groups excluding carboxylic acids is 1. The molecule has 4 heteroatoms. The van der Waals surface area contributed by atoms with E-state index in [0.717, 1.165) is 36.4 Å². The molecule has 1 saturated carbocycles. The van der Waals surface area contributed by atoms with E-state index in [0.29, 0.717) is 0 Å². The number of halogens is 1. The summed E-state index contributed by atoms with van der Waals surface area (Å²) in [5.41, 5.74) is 0.827. The van der Waals surface area contributed by atoms with Gasteiger partial charge < -0.3 is 4.90 Å². The Balaban J connectivity index is 1.75. The van der Waals surface area contributed by atoms with Crippen molar-refractivity contribution in [2.24, 2.45) is 0 Å². The first-order valence-corrected chi connectivity index (χ1v) is 8.38. The number of hydrogen-bond acceptors (Lipinski definition) is 2. The van der Waals surface area contributed by atoms with Gasteiger partial charge in [0.15, 0.2) is 0 Å². The lowest BCUT2D eigenvalue weighted by atomic mass is 10.1. The van der Waals surface area contributed by atoms with Crippen molar-refractivity contribution in [1.82, 2.24) is 10.2 Å². The second kappa shape index (κ2) is 5.98. The molecule has 1 aliphatic carbocycles. The van der Waals surface area contributed by atoms with Crippen LogP contribution in [-0.4, -0.2) is 22.9 Å². The molecule has 1 amide bonds. The number of hydrogen-bond donors (Lipinski definition) is 1. The van der Waals surface area contributed by atoms with Crippen LogP contribution in [0, 0.1) is 0 Å². The first-order valence-electron chi connectivity index (χ1n) is 8.00. The molecule has 21 heavy (non-hydrogen) atoms.